The van der Waals surface area contributed by atoms with Crippen molar-refractivity contribution in [3.8, 4) is 0 Å². The van der Waals surface area contributed by atoms with Crippen LogP contribution in [0.2, 0.25) is 0 Å². The Labute approximate surface area is 149 Å². The number of likely N-dealkylation sites (N-methyl/N-ethyl adjacent to an activating group) is 1. The Morgan fingerprint density at radius 2 is 2.04 bits per heavy atom. The van der Waals surface area contributed by atoms with E-state index in [4.69, 9.17) is 0 Å². The van der Waals surface area contributed by atoms with Crippen molar-refractivity contribution in [3.63, 3.8) is 0 Å². The molecule has 0 radical (unpaired) electrons. The van der Waals surface area contributed by atoms with Gasteiger partial charge in [-0.2, -0.15) is 0 Å². The van der Waals surface area contributed by atoms with Crippen LogP contribution in [-0.2, 0) is 9.59 Å². The largest absolute Gasteiger partial charge is 0.325 e. The highest BCUT2D eigenvalue weighted by atomic mass is 16.6. The van der Waals surface area contributed by atoms with Crippen molar-refractivity contribution < 1.29 is 14.5 Å². The third-order valence-electron chi connectivity index (χ3n) is 5.36. The van der Waals surface area contributed by atoms with Crippen LogP contribution in [0, 0.1) is 23.0 Å². The predicted octanol–water partition coefficient (Wildman–Crippen LogP) is 2.19. The van der Waals surface area contributed by atoms with Gasteiger partial charge in [-0.05, 0) is 31.1 Å². The molecule has 1 heterocycles. The Morgan fingerprint density at radius 1 is 1.35 bits per heavy atom. The number of carbonyl (C=O) groups excluding carboxylic acids is 2. The van der Waals surface area contributed by atoms with E-state index in [0.717, 1.165) is 5.56 Å². The maximum atomic E-state index is 12.8. The number of hydrogen-bond donors (Lipinski definition) is 1. The molecule has 0 saturated heterocycles. The van der Waals surface area contributed by atoms with Gasteiger partial charge in [0.15, 0.2) is 0 Å². The fourth-order valence-corrected chi connectivity index (χ4v) is 3.92. The number of hydrogen-bond acceptors (Lipinski definition) is 4. The minimum Gasteiger partial charge on any atom is -0.325 e. The molecule has 5 rings (SSSR count). The lowest BCUT2D eigenvalue weighted by atomic mass is 9.70. The molecular weight excluding hydrogens is 334 g/mol. The molecule has 4 aliphatic rings. The Hall–Kier alpha value is -3.22. The first-order valence-corrected chi connectivity index (χ1v) is 8.30. The van der Waals surface area contributed by atoms with E-state index in [2.05, 4.69) is 5.32 Å². The SMILES string of the molecule is Cc1ccc(NC(=O)C2=C3CC4C=CC3(C=C4[N+](=O)[O-])N(C)C2=O)cc1. The number of benzene rings is 1. The lowest BCUT2D eigenvalue weighted by Gasteiger charge is -2.40. The normalized spacial score (nSPS) is 26.1. The molecule has 132 valence electrons. The van der Waals surface area contributed by atoms with Crippen LogP contribution in [0.4, 0.5) is 5.69 Å². The van der Waals surface area contributed by atoms with Gasteiger partial charge in [0, 0.05) is 18.8 Å². The van der Waals surface area contributed by atoms with E-state index in [1.807, 2.05) is 19.1 Å². The standard InChI is InChI=1S/C19H17N3O4/c1-11-3-5-13(6-4-11)20-17(23)16-14-9-12-7-8-19(14,21(2)18(16)24)10-15(12)22(25)26/h3-8,10,12H,9H2,1-2H3,(H,20,23). The second-order valence-electron chi connectivity index (χ2n) is 6.86. The Balaban J connectivity index is 1.75. The van der Waals surface area contributed by atoms with Crippen molar-refractivity contribution in [2.75, 3.05) is 12.4 Å². The lowest BCUT2D eigenvalue weighted by Crippen LogP contribution is -2.48. The van der Waals surface area contributed by atoms with Crippen LogP contribution in [0.25, 0.3) is 0 Å². The molecule has 2 amide bonds. The van der Waals surface area contributed by atoms with Crippen LogP contribution in [-0.4, -0.2) is 34.2 Å². The number of nitro groups is 1. The summed E-state index contributed by atoms with van der Waals surface area (Å²) in [4.78, 5) is 37.9. The molecule has 7 heteroatoms. The smallest absolute Gasteiger partial charge is 0.261 e. The molecular formula is C19H17N3O4. The van der Waals surface area contributed by atoms with Gasteiger partial charge in [0.1, 0.15) is 11.1 Å². The summed E-state index contributed by atoms with van der Waals surface area (Å²) in [5, 5.41) is 14.1. The average Bonchev–Trinajstić information content (AvgIpc) is 2.84. The quantitative estimate of drug-likeness (QED) is 0.391. The minimum atomic E-state index is -1.01. The number of nitrogens with zero attached hydrogens (tertiary/aromatic N) is 2. The predicted molar refractivity (Wildman–Crippen MR) is 94.7 cm³/mol. The zero-order valence-electron chi connectivity index (χ0n) is 14.4. The van der Waals surface area contributed by atoms with Gasteiger partial charge in [-0.15, -0.1) is 0 Å². The summed E-state index contributed by atoms with van der Waals surface area (Å²) in [5.74, 6) is -1.31. The Bertz CT molecular complexity index is 942. The average molecular weight is 351 g/mol. The van der Waals surface area contributed by atoms with Crippen LogP contribution < -0.4 is 5.32 Å². The highest BCUT2D eigenvalue weighted by Gasteiger charge is 2.56. The summed E-state index contributed by atoms with van der Waals surface area (Å²) in [6, 6.07) is 7.29. The molecule has 1 aromatic carbocycles. The number of amides is 2. The number of carbonyl (C=O) groups is 2. The summed E-state index contributed by atoms with van der Waals surface area (Å²) in [6.45, 7) is 1.94. The number of anilines is 1. The van der Waals surface area contributed by atoms with E-state index in [1.54, 1.807) is 31.3 Å². The molecule has 1 spiro atoms. The van der Waals surface area contributed by atoms with Crippen LogP contribution in [0.5, 0.6) is 0 Å². The summed E-state index contributed by atoms with van der Waals surface area (Å²) in [6.07, 6.45) is 5.34. The van der Waals surface area contributed by atoms with Gasteiger partial charge in [0.05, 0.1) is 10.8 Å². The van der Waals surface area contributed by atoms with E-state index in [1.165, 1.54) is 11.0 Å². The summed E-state index contributed by atoms with van der Waals surface area (Å²) >= 11 is 0. The fraction of sp³-hybridized carbons (Fsp3) is 0.263. The molecule has 1 aromatic rings. The number of rotatable bonds is 3. The number of nitrogens with one attached hydrogen (secondary N) is 1. The molecule has 2 unspecified atom stereocenters. The third kappa shape index (κ3) is 2.13. The molecule has 3 aliphatic carbocycles. The Kier molecular flexibility index (Phi) is 3.37. The lowest BCUT2D eigenvalue weighted by molar-refractivity contribution is -0.433. The maximum absolute atomic E-state index is 12.8. The summed E-state index contributed by atoms with van der Waals surface area (Å²) in [7, 11) is 1.57. The van der Waals surface area contributed by atoms with Crippen molar-refractivity contribution >= 4 is 17.5 Å². The van der Waals surface area contributed by atoms with E-state index in [0.29, 0.717) is 17.7 Å². The topological polar surface area (TPSA) is 92.5 Å². The second-order valence-corrected chi connectivity index (χ2v) is 6.86. The van der Waals surface area contributed by atoms with Gasteiger partial charge >= 0.3 is 0 Å². The van der Waals surface area contributed by atoms with Gasteiger partial charge in [0.25, 0.3) is 17.5 Å². The minimum absolute atomic E-state index is 0.0797. The molecule has 26 heavy (non-hydrogen) atoms. The molecule has 2 atom stereocenters. The van der Waals surface area contributed by atoms with Crippen LogP contribution in [0.3, 0.4) is 0 Å². The van der Waals surface area contributed by atoms with E-state index < -0.39 is 28.2 Å². The van der Waals surface area contributed by atoms with Crippen molar-refractivity contribution in [1.29, 1.82) is 0 Å². The van der Waals surface area contributed by atoms with Crippen molar-refractivity contribution in [2.45, 2.75) is 18.9 Å². The summed E-state index contributed by atoms with van der Waals surface area (Å²) in [5.41, 5.74) is 1.45. The van der Waals surface area contributed by atoms with E-state index in [9.17, 15) is 19.7 Å². The first-order chi connectivity index (χ1) is 12.3. The van der Waals surface area contributed by atoms with Crippen LogP contribution in [0.15, 0.2) is 59.3 Å². The molecule has 0 fully saturated rings. The van der Waals surface area contributed by atoms with Crippen LogP contribution >= 0.6 is 0 Å². The van der Waals surface area contributed by atoms with E-state index in [-0.39, 0.29) is 11.3 Å². The van der Waals surface area contributed by atoms with Gasteiger partial charge in [-0.1, -0.05) is 29.8 Å². The summed E-state index contributed by atoms with van der Waals surface area (Å²) < 4.78 is 0. The number of allylic oxidation sites excluding steroid dienone is 1. The van der Waals surface area contributed by atoms with Gasteiger partial charge in [-0.3, -0.25) is 19.7 Å². The first kappa shape index (κ1) is 16.3. The zero-order valence-corrected chi connectivity index (χ0v) is 14.4. The van der Waals surface area contributed by atoms with E-state index >= 15 is 0 Å². The molecule has 0 aromatic heterocycles. The molecule has 0 saturated carbocycles. The number of aryl methyl sites for hydroxylation is 1. The molecule has 1 aliphatic heterocycles. The second kappa shape index (κ2) is 5.39. The fourth-order valence-electron chi connectivity index (χ4n) is 3.92. The molecule has 1 N–H and O–H groups in total. The van der Waals surface area contributed by atoms with Crippen molar-refractivity contribution in [1.82, 2.24) is 4.90 Å². The molecule has 2 bridgehead atoms. The van der Waals surface area contributed by atoms with Crippen molar-refractivity contribution in [2.24, 2.45) is 5.92 Å². The maximum Gasteiger partial charge on any atom is 0.261 e. The third-order valence-corrected chi connectivity index (χ3v) is 5.36. The highest BCUT2D eigenvalue weighted by molar-refractivity contribution is 6.25. The zero-order chi connectivity index (χ0) is 18.6. The molecule has 7 nitrogen and oxygen atoms in total. The first-order valence-electron chi connectivity index (χ1n) is 8.30. The monoisotopic (exact) mass is 351 g/mol. The van der Waals surface area contributed by atoms with Gasteiger partial charge in [-0.25, -0.2) is 0 Å². The van der Waals surface area contributed by atoms with Crippen molar-refractivity contribution in [3.05, 3.63) is 75.0 Å². The highest BCUT2D eigenvalue weighted by Crippen LogP contribution is 2.50. The van der Waals surface area contributed by atoms with Crippen LogP contribution in [0.1, 0.15) is 12.0 Å². The van der Waals surface area contributed by atoms with Gasteiger partial charge < -0.3 is 10.2 Å². The Morgan fingerprint density at radius 3 is 2.69 bits per heavy atom. The van der Waals surface area contributed by atoms with Gasteiger partial charge in [0.2, 0.25) is 0 Å².